The van der Waals surface area contributed by atoms with E-state index < -0.39 is 44.4 Å². The van der Waals surface area contributed by atoms with Gasteiger partial charge in [0.2, 0.25) is 10.0 Å². The Morgan fingerprint density at radius 3 is 2.05 bits per heavy atom. The Morgan fingerprint density at radius 1 is 1.05 bits per heavy atom. The van der Waals surface area contributed by atoms with E-state index in [0.29, 0.717) is 0 Å². The molecule has 1 aromatic rings. The number of hydrogen-bond donors (Lipinski definition) is 3. The van der Waals surface area contributed by atoms with Gasteiger partial charge in [0.05, 0.1) is 10.5 Å². The lowest BCUT2D eigenvalue weighted by atomic mass is 9.98. The van der Waals surface area contributed by atoms with Crippen LogP contribution in [0.2, 0.25) is 0 Å². The van der Waals surface area contributed by atoms with Gasteiger partial charge in [-0.3, -0.25) is 0 Å². The predicted octanol–water partition coefficient (Wildman–Crippen LogP) is 5.66. The highest BCUT2D eigenvalue weighted by Gasteiger charge is 2.42. The predicted molar refractivity (Wildman–Crippen MR) is 156 cm³/mol. The van der Waals surface area contributed by atoms with E-state index in [2.05, 4.69) is 26.6 Å². The molecule has 2 saturated heterocycles. The lowest BCUT2D eigenvalue weighted by Crippen LogP contribution is -2.54. The van der Waals surface area contributed by atoms with Gasteiger partial charge in [0.1, 0.15) is 5.60 Å². The summed E-state index contributed by atoms with van der Waals surface area (Å²) in [7, 11) is -4.34. The summed E-state index contributed by atoms with van der Waals surface area (Å²) in [6.07, 6.45) is -3.85. The maximum atomic E-state index is 13.4. The quantitative estimate of drug-likeness (QED) is 0.373. The van der Waals surface area contributed by atoms with Crippen molar-refractivity contribution in [3.05, 3.63) is 28.2 Å². The van der Waals surface area contributed by atoms with Crippen molar-refractivity contribution < 1.29 is 41.0 Å². The number of benzene rings is 1. The van der Waals surface area contributed by atoms with Crippen molar-refractivity contribution in [2.24, 2.45) is 0 Å². The van der Waals surface area contributed by atoms with Crippen LogP contribution in [0, 0.1) is 0 Å². The summed E-state index contributed by atoms with van der Waals surface area (Å²) < 4.78 is 71.6. The summed E-state index contributed by atoms with van der Waals surface area (Å²) in [6, 6.07) is 3.22. The molecule has 0 spiro atoms. The van der Waals surface area contributed by atoms with Crippen molar-refractivity contribution in [3.8, 4) is 0 Å². The highest BCUT2D eigenvalue weighted by atomic mass is 79.9. The number of ether oxygens (including phenoxy) is 1. The summed E-state index contributed by atoms with van der Waals surface area (Å²) in [4.78, 5) is 23.8. The van der Waals surface area contributed by atoms with E-state index >= 15 is 0 Å². The van der Waals surface area contributed by atoms with Crippen LogP contribution in [0.15, 0.2) is 27.6 Å². The number of amides is 2. The fourth-order valence-corrected chi connectivity index (χ4v) is 7.33. The molecule has 0 unspecified atom stereocenters. The molecule has 2 aliphatic rings. The maximum absolute atomic E-state index is 13.4. The highest BCUT2D eigenvalue weighted by molar-refractivity contribution is 9.10. The first kappa shape index (κ1) is 36.1. The van der Waals surface area contributed by atoms with E-state index in [9.17, 15) is 31.2 Å². The lowest BCUT2D eigenvalue weighted by molar-refractivity contribution is -0.140. The van der Waals surface area contributed by atoms with Crippen LogP contribution in [0.5, 0.6) is 0 Å². The number of nitrogens with zero attached hydrogens (tertiary/aromatic N) is 2. The molecule has 0 saturated carbocycles. The Hall–Kier alpha value is -2.10. The second kappa shape index (κ2) is 14.1. The van der Waals surface area contributed by atoms with Crippen molar-refractivity contribution in [1.29, 1.82) is 0 Å². The van der Waals surface area contributed by atoms with E-state index in [1.807, 2.05) is 20.8 Å². The standard InChI is InChI=1S/C17H22BrF3N2O4S.C10H20N2O2/c1-16(2,3)27-15(24)22-11-7-9-23(10-8-11)28(25,26)13-6-4-5-12(18)14(13)17(19,20)21;1-10(2,3)12(9(13)14)8-4-6-11-7-5-8/h4-6,11H,7-10H2,1-3H3,(H,22,24);8,11H,4-7H2,1-3H3,(H,13,14). The van der Waals surface area contributed by atoms with Crippen LogP contribution < -0.4 is 10.6 Å². The molecule has 0 bridgehead atoms. The van der Waals surface area contributed by atoms with Crippen molar-refractivity contribution >= 4 is 38.1 Å². The van der Waals surface area contributed by atoms with Crippen molar-refractivity contribution in [3.63, 3.8) is 0 Å². The van der Waals surface area contributed by atoms with Crippen molar-refractivity contribution in [1.82, 2.24) is 19.8 Å². The van der Waals surface area contributed by atoms with Gasteiger partial charge in [-0.1, -0.05) is 22.0 Å². The molecular weight excluding hydrogens is 645 g/mol. The number of piperidine rings is 2. The van der Waals surface area contributed by atoms with E-state index in [-0.39, 0.29) is 48.0 Å². The van der Waals surface area contributed by atoms with E-state index in [4.69, 9.17) is 9.84 Å². The second-order valence-electron chi connectivity index (χ2n) is 12.2. The lowest BCUT2D eigenvalue weighted by Gasteiger charge is -2.41. The van der Waals surface area contributed by atoms with Gasteiger partial charge in [-0.05, 0) is 92.4 Å². The minimum absolute atomic E-state index is 0.00733. The Morgan fingerprint density at radius 2 is 1.60 bits per heavy atom. The first-order valence-corrected chi connectivity index (χ1v) is 16.0. The van der Waals surface area contributed by atoms with Crippen LogP contribution in [0.3, 0.4) is 0 Å². The van der Waals surface area contributed by atoms with E-state index in [0.717, 1.165) is 42.4 Å². The van der Waals surface area contributed by atoms with Gasteiger partial charge in [-0.2, -0.15) is 17.5 Å². The number of rotatable bonds is 4. The molecule has 15 heteroatoms. The molecule has 2 heterocycles. The monoisotopic (exact) mass is 686 g/mol. The fraction of sp³-hybridized carbons (Fsp3) is 0.704. The van der Waals surface area contributed by atoms with Crippen LogP contribution in [0.25, 0.3) is 0 Å². The van der Waals surface area contributed by atoms with E-state index in [1.54, 1.807) is 25.7 Å². The van der Waals surface area contributed by atoms with Gasteiger partial charge >= 0.3 is 18.4 Å². The zero-order chi connectivity index (χ0) is 32.1. The molecule has 3 N–H and O–H groups in total. The third-order valence-electron chi connectivity index (χ3n) is 6.65. The Bertz CT molecular complexity index is 1190. The molecule has 2 amide bonds. The molecule has 0 radical (unpaired) electrons. The van der Waals surface area contributed by atoms with Gasteiger partial charge in [-0.15, -0.1) is 0 Å². The fourth-order valence-electron chi connectivity index (χ4n) is 4.90. The summed E-state index contributed by atoms with van der Waals surface area (Å²) in [5.41, 5.74) is -2.18. The molecule has 3 rings (SSSR count). The molecule has 2 aliphatic heterocycles. The number of carboxylic acid groups (broad SMARTS) is 1. The molecule has 0 aromatic heterocycles. The molecule has 10 nitrogen and oxygen atoms in total. The minimum Gasteiger partial charge on any atom is -0.465 e. The molecular formula is C27H42BrF3N4O6S. The number of halogens is 4. The topological polar surface area (TPSA) is 128 Å². The van der Waals surface area contributed by atoms with Crippen LogP contribution >= 0.6 is 15.9 Å². The van der Waals surface area contributed by atoms with E-state index in [1.165, 1.54) is 6.07 Å². The van der Waals surface area contributed by atoms with Crippen molar-refractivity contribution in [2.45, 2.75) is 102 Å². The normalized spacial score (nSPS) is 18.0. The zero-order valence-electron chi connectivity index (χ0n) is 24.8. The summed E-state index contributed by atoms with van der Waals surface area (Å²) >= 11 is 2.80. The third kappa shape index (κ3) is 10.3. The third-order valence-corrected chi connectivity index (χ3v) is 9.26. The molecule has 0 atom stereocenters. The number of carbonyl (C=O) groups is 2. The van der Waals surface area contributed by atoms with Crippen LogP contribution in [-0.4, -0.2) is 84.3 Å². The smallest absolute Gasteiger partial charge is 0.418 e. The molecule has 1 aromatic carbocycles. The largest absolute Gasteiger partial charge is 0.465 e. The number of alkyl halides is 3. The Balaban J connectivity index is 0.000000369. The average Bonchev–Trinajstić information content (AvgIpc) is 2.82. The highest BCUT2D eigenvalue weighted by Crippen LogP contribution is 2.40. The van der Waals surface area contributed by atoms with Crippen LogP contribution in [-0.2, 0) is 20.9 Å². The summed E-state index contributed by atoms with van der Waals surface area (Å²) in [5.74, 6) is 0. The van der Waals surface area contributed by atoms with Gasteiger partial charge < -0.3 is 25.4 Å². The van der Waals surface area contributed by atoms with Gasteiger partial charge in [0.25, 0.3) is 0 Å². The van der Waals surface area contributed by atoms with Gasteiger partial charge in [-0.25, -0.2) is 18.0 Å². The zero-order valence-corrected chi connectivity index (χ0v) is 27.2. The van der Waals surface area contributed by atoms with Crippen LogP contribution in [0.4, 0.5) is 22.8 Å². The number of hydrogen-bond acceptors (Lipinski definition) is 6. The minimum atomic E-state index is -4.82. The molecule has 240 valence electrons. The number of sulfonamides is 1. The molecule has 42 heavy (non-hydrogen) atoms. The number of nitrogens with one attached hydrogen (secondary N) is 2. The molecule has 0 aliphatic carbocycles. The van der Waals surface area contributed by atoms with Crippen LogP contribution in [0.1, 0.15) is 72.8 Å². The SMILES string of the molecule is CC(C)(C)N(C(=O)O)C1CCNCC1.CC(C)(C)OC(=O)NC1CCN(S(=O)(=O)c2cccc(Br)c2C(F)(F)F)CC1. The molecule has 2 fully saturated rings. The Labute approximate surface area is 254 Å². The number of carbonyl (C=O) groups excluding carboxylic acids is 1. The summed E-state index contributed by atoms with van der Waals surface area (Å²) in [5, 5.41) is 15.1. The van der Waals surface area contributed by atoms with Gasteiger partial charge in [0.15, 0.2) is 0 Å². The number of alkyl carbamates (subject to hydrolysis) is 1. The first-order valence-electron chi connectivity index (χ1n) is 13.7. The van der Waals surface area contributed by atoms with Crippen molar-refractivity contribution in [2.75, 3.05) is 26.2 Å². The Kier molecular flexibility index (Phi) is 12.1. The maximum Gasteiger partial charge on any atom is 0.418 e. The van der Waals surface area contributed by atoms with Gasteiger partial charge in [0, 0.05) is 35.2 Å². The first-order chi connectivity index (χ1) is 19.1. The summed E-state index contributed by atoms with van der Waals surface area (Å²) in [6.45, 7) is 12.8. The second-order valence-corrected chi connectivity index (χ2v) is 15.0. The average molecular weight is 688 g/mol.